The van der Waals surface area contributed by atoms with Crippen molar-refractivity contribution in [3.05, 3.63) is 41.6 Å². The van der Waals surface area contributed by atoms with E-state index >= 15 is 0 Å². The van der Waals surface area contributed by atoms with Gasteiger partial charge in [0, 0.05) is 30.1 Å². The molecule has 1 aliphatic heterocycles. The second kappa shape index (κ2) is 6.96. The van der Waals surface area contributed by atoms with Gasteiger partial charge in [0.25, 0.3) is 0 Å². The quantitative estimate of drug-likeness (QED) is 0.832. The maximum Gasteiger partial charge on any atom is 0.410 e. The SMILES string of the molecule is Cc1cc(C(C)(C)NC(=O)[C@H]2[C@@H]3CN(C(=O)OC(C)(C)C)C[C@@H]32)c2ccccc2n1. The number of pyridine rings is 1. The van der Waals surface area contributed by atoms with Crippen molar-refractivity contribution >= 4 is 22.9 Å². The Hall–Kier alpha value is -2.63. The largest absolute Gasteiger partial charge is 0.444 e. The molecule has 0 spiro atoms. The van der Waals surface area contributed by atoms with Gasteiger partial charge in [-0.3, -0.25) is 9.78 Å². The summed E-state index contributed by atoms with van der Waals surface area (Å²) in [6.07, 6.45) is -0.284. The third-order valence-corrected chi connectivity index (χ3v) is 6.10. The molecule has 2 aromatic rings. The second-order valence-corrected chi connectivity index (χ2v) is 10.2. The molecule has 1 saturated heterocycles. The van der Waals surface area contributed by atoms with Crippen LogP contribution in [0.5, 0.6) is 0 Å². The first-order valence-corrected chi connectivity index (χ1v) is 10.6. The third-order valence-electron chi connectivity index (χ3n) is 6.10. The molecule has 160 valence electrons. The highest BCUT2D eigenvalue weighted by atomic mass is 16.6. The Morgan fingerprint density at radius 3 is 2.37 bits per heavy atom. The number of nitrogens with one attached hydrogen (secondary N) is 1. The molecule has 2 amide bonds. The molecular weight excluding hydrogens is 378 g/mol. The number of likely N-dealkylation sites (tertiary alicyclic amines) is 1. The third kappa shape index (κ3) is 3.87. The Bertz CT molecular complexity index is 996. The zero-order chi connectivity index (χ0) is 21.8. The van der Waals surface area contributed by atoms with Crippen molar-refractivity contribution in [3.63, 3.8) is 0 Å². The van der Waals surface area contributed by atoms with Gasteiger partial charge < -0.3 is 15.0 Å². The molecule has 4 rings (SSSR count). The van der Waals surface area contributed by atoms with Crippen LogP contribution < -0.4 is 5.32 Å². The molecule has 0 radical (unpaired) electrons. The van der Waals surface area contributed by atoms with Crippen molar-refractivity contribution in [2.45, 2.75) is 52.7 Å². The topological polar surface area (TPSA) is 71.5 Å². The Kier molecular flexibility index (Phi) is 4.79. The lowest BCUT2D eigenvalue weighted by atomic mass is 9.90. The highest BCUT2D eigenvalue weighted by Crippen LogP contribution is 2.52. The number of hydrogen-bond acceptors (Lipinski definition) is 4. The lowest BCUT2D eigenvalue weighted by Crippen LogP contribution is -2.44. The minimum Gasteiger partial charge on any atom is -0.444 e. The molecule has 30 heavy (non-hydrogen) atoms. The van der Waals surface area contributed by atoms with Gasteiger partial charge in [-0.1, -0.05) is 18.2 Å². The van der Waals surface area contributed by atoms with Crippen molar-refractivity contribution < 1.29 is 14.3 Å². The van der Waals surface area contributed by atoms with E-state index in [0.29, 0.717) is 13.1 Å². The van der Waals surface area contributed by atoms with E-state index in [2.05, 4.69) is 22.4 Å². The van der Waals surface area contributed by atoms with Crippen LogP contribution in [-0.2, 0) is 15.1 Å². The van der Waals surface area contributed by atoms with E-state index < -0.39 is 11.1 Å². The lowest BCUT2D eigenvalue weighted by molar-refractivity contribution is -0.125. The summed E-state index contributed by atoms with van der Waals surface area (Å²) in [4.78, 5) is 31.7. The van der Waals surface area contributed by atoms with Gasteiger partial charge in [-0.2, -0.15) is 0 Å². The van der Waals surface area contributed by atoms with Crippen LogP contribution in [0.4, 0.5) is 4.79 Å². The maximum atomic E-state index is 13.1. The predicted octanol–water partition coefficient (Wildman–Crippen LogP) is 4.01. The summed E-state index contributed by atoms with van der Waals surface area (Å²) in [7, 11) is 0. The Morgan fingerprint density at radius 2 is 1.73 bits per heavy atom. The average molecular weight is 410 g/mol. The van der Waals surface area contributed by atoms with Crippen LogP contribution in [0.1, 0.15) is 45.9 Å². The van der Waals surface area contributed by atoms with Gasteiger partial charge in [0.2, 0.25) is 5.91 Å². The molecule has 1 aromatic carbocycles. The second-order valence-electron chi connectivity index (χ2n) is 10.2. The predicted molar refractivity (Wildman–Crippen MR) is 116 cm³/mol. The van der Waals surface area contributed by atoms with Gasteiger partial charge in [-0.15, -0.1) is 0 Å². The van der Waals surface area contributed by atoms with E-state index in [0.717, 1.165) is 22.2 Å². The van der Waals surface area contributed by atoms with Crippen molar-refractivity contribution in [3.8, 4) is 0 Å². The van der Waals surface area contributed by atoms with Gasteiger partial charge in [0.1, 0.15) is 5.60 Å². The van der Waals surface area contributed by atoms with Crippen molar-refractivity contribution in [2.24, 2.45) is 17.8 Å². The maximum absolute atomic E-state index is 13.1. The van der Waals surface area contributed by atoms with E-state index in [1.54, 1.807) is 4.90 Å². The van der Waals surface area contributed by atoms with Crippen molar-refractivity contribution in [1.82, 2.24) is 15.2 Å². The number of carbonyl (C=O) groups excluding carboxylic acids is 2. The van der Waals surface area contributed by atoms with Crippen LogP contribution >= 0.6 is 0 Å². The summed E-state index contributed by atoms with van der Waals surface area (Å²) in [5, 5.41) is 4.32. The molecular formula is C24H31N3O3. The van der Waals surface area contributed by atoms with Crippen LogP contribution in [0.3, 0.4) is 0 Å². The van der Waals surface area contributed by atoms with Crippen molar-refractivity contribution in [1.29, 1.82) is 0 Å². The number of nitrogens with zero attached hydrogens (tertiary/aromatic N) is 2. The number of para-hydroxylation sites is 1. The number of hydrogen-bond donors (Lipinski definition) is 1. The van der Waals surface area contributed by atoms with Gasteiger partial charge in [-0.25, -0.2) is 4.79 Å². The van der Waals surface area contributed by atoms with Crippen LogP contribution in [0, 0.1) is 24.7 Å². The molecule has 2 heterocycles. The van der Waals surface area contributed by atoms with Crippen LogP contribution in [-0.4, -0.2) is 40.6 Å². The Morgan fingerprint density at radius 1 is 1.10 bits per heavy atom. The molecule has 6 nitrogen and oxygen atoms in total. The summed E-state index contributed by atoms with van der Waals surface area (Å²) in [5.41, 5.74) is 1.91. The van der Waals surface area contributed by atoms with E-state index in [1.165, 1.54) is 0 Å². The van der Waals surface area contributed by atoms with Crippen molar-refractivity contribution in [2.75, 3.05) is 13.1 Å². The number of rotatable bonds is 3. The highest BCUT2D eigenvalue weighted by molar-refractivity contribution is 5.87. The molecule has 1 saturated carbocycles. The Balaban J connectivity index is 1.43. The summed E-state index contributed by atoms with van der Waals surface area (Å²) in [5.74, 6) is 0.489. The first kappa shape index (κ1) is 20.6. The van der Waals surface area contributed by atoms with E-state index in [4.69, 9.17) is 4.74 Å². The van der Waals surface area contributed by atoms with Gasteiger partial charge in [0.05, 0.1) is 11.1 Å². The number of amides is 2. The smallest absolute Gasteiger partial charge is 0.410 e. The summed E-state index contributed by atoms with van der Waals surface area (Å²) < 4.78 is 5.46. The fourth-order valence-corrected chi connectivity index (χ4v) is 4.67. The molecule has 0 bridgehead atoms. The summed E-state index contributed by atoms with van der Waals surface area (Å²) in [6.45, 7) is 12.8. The highest BCUT2D eigenvalue weighted by Gasteiger charge is 2.61. The first-order valence-electron chi connectivity index (χ1n) is 10.6. The zero-order valence-electron chi connectivity index (χ0n) is 18.7. The van der Waals surface area contributed by atoms with E-state index in [-0.39, 0.29) is 29.8 Å². The molecule has 1 N–H and O–H groups in total. The zero-order valence-corrected chi connectivity index (χ0v) is 18.7. The standard InChI is InChI=1S/C24H31N3O3/c1-14-11-18(15-9-7-8-10-19(15)25-14)24(5,6)26-21(28)20-16-12-27(13-17(16)20)22(29)30-23(2,3)4/h7-11,16-17,20H,12-13H2,1-6H3,(H,26,28)/t16-,17+,20+. The minimum atomic E-state index is -0.522. The molecule has 2 fully saturated rings. The monoisotopic (exact) mass is 409 g/mol. The molecule has 3 atom stereocenters. The fraction of sp³-hybridized carbons (Fsp3) is 0.542. The summed E-state index contributed by atoms with van der Waals surface area (Å²) >= 11 is 0. The number of fused-ring (bicyclic) bond motifs is 2. The lowest BCUT2D eigenvalue weighted by Gasteiger charge is -2.30. The number of piperidine rings is 1. The molecule has 6 heteroatoms. The summed E-state index contributed by atoms with van der Waals surface area (Å²) in [6, 6.07) is 10.1. The van der Waals surface area contributed by atoms with Crippen LogP contribution in [0.25, 0.3) is 10.9 Å². The number of benzene rings is 1. The average Bonchev–Trinajstić information content (AvgIpc) is 3.13. The molecule has 0 unspecified atom stereocenters. The first-order chi connectivity index (χ1) is 14.0. The van der Waals surface area contributed by atoms with E-state index in [9.17, 15) is 9.59 Å². The van der Waals surface area contributed by atoms with Gasteiger partial charge in [0.15, 0.2) is 0 Å². The van der Waals surface area contributed by atoms with Crippen LogP contribution in [0.2, 0.25) is 0 Å². The normalized spacial score (nSPS) is 23.3. The number of ether oxygens (including phenoxy) is 1. The van der Waals surface area contributed by atoms with E-state index in [1.807, 2.05) is 59.7 Å². The Labute approximate surface area is 178 Å². The van der Waals surface area contributed by atoms with Gasteiger partial charge in [-0.05, 0) is 71.1 Å². The number of aryl methyl sites for hydroxylation is 1. The van der Waals surface area contributed by atoms with Gasteiger partial charge >= 0.3 is 6.09 Å². The number of aromatic nitrogens is 1. The van der Waals surface area contributed by atoms with Crippen LogP contribution in [0.15, 0.2) is 30.3 Å². The fourth-order valence-electron chi connectivity index (χ4n) is 4.67. The molecule has 1 aromatic heterocycles. The molecule has 2 aliphatic rings. The number of carbonyl (C=O) groups is 2. The molecule has 1 aliphatic carbocycles. The minimum absolute atomic E-state index is 0.0304.